The lowest BCUT2D eigenvalue weighted by molar-refractivity contribution is -0.384. The SMILES string of the molecule is Cc1nn(C(C)C)c(NN2C(C)CCCC2C)c1[N+](=O)[O-]. The van der Waals surface area contributed by atoms with Crippen LogP contribution in [0.1, 0.15) is 58.7 Å². The summed E-state index contributed by atoms with van der Waals surface area (Å²) in [5.74, 6) is 0.494. The summed E-state index contributed by atoms with van der Waals surface area (Å²) in [4.78, 5) is 11.0. The third kappa shape index (κ3) is 3.02. The Labute approximate surface area is 125 Å². The molecular weight excluding hydrogens is 270 g/mol. The van der Waals surface area contributed by atoms with Crippen molar-refractivity contribution in [1.82, 2.24) is 14.8 Å². The normalized spacial score (nSPS) is 23.5. The Kier molecular flexibility index (Phi) is 4.51. The highest BCUT2D eigenvalue weighted by molar-refractivity contribution is 5.59. The van der Waals surface area contributed by atoms with Gasteiger partial charge in [0.25, 0.3) is 0 Å². The first-order valence-corrected chi connectivity index (χ1v) is 7.61. The van der Waals surface area contributed by atoms with Gasteiger partial charge in [-0.1, -0.05) is 6.42 Å². The van der Waals surface area contributed by atoms with E-state index in [4.69, 9.17) is 0 Å². The van der Waals surface area contributed by atoms with Gasteiger partial charge in [0.15, 0.2) is 0 Å². The number of hydrazine groups is 1. The van der Waals surface area contributed by atoms with Gasteiger partial charge in [-0.2, -0.15) is 5.10 Å². The van der Waals surface area contributed by atoms with E-state index in [1.165, 1.54) is 6.42 Å². The van der Waals surface area contributed by atoms with Crippen molar-refractivity contribution in [3.05, 3.63) is 15.8 Å². The van der Waals surface area contributed by atoms with Crippen molar-refractivity contribution >= 4 is 11.5 Å². The van der Waals surface area contributed by atoms with Crippen LogP contribution in [-0.4, -0.2) is 31.8 Å². The average Bonchev–Trinajstić information content (AvgIpc) is 2.71. The van der Waals surface area contributed by atoms with Gasteiger partial charge in [-0.3, -0.25) is 15.5 Å². The fraction of sp³-hybridized carbons (Fsp3) is 0.786. The number of rotatable bonds is 4. The molecule has 7 heteroatoms. The van der Waals surface area contributed by atoms with Crippen molar-refractivity contribution in [3.63, 3.8) is 0 Å². The molecule has 1 aliphatic rings. The molecule has 1 aromatic rings. The van der Waals surface area contributed by atoms with Gasteiger partial charge in [0.1, 0.15) is 5.69 Å². The zero-order valence-electron chi connectivity index (χ0n) is 13.5. The van der Waals surface area contributed by atoms with Gasteiger partial charge in [-0.15, -0.1) is 0 Å². The third-order valence-corrected chi connectivity index (χ3v) is 4.15. The molecule has 1 saturated heterocycles. The molecule has 0 aliphatic carbocycles. The van der Waals surface area contributed by atoms with Crippen molar-refractivity contribution in [3.8, 4) is 0 Å². The lowest BCUT2D eigenvalue weighted by Crippen LogP contribution is -2.47. The van der Waals surface area contributed by atoms with E-state index in [1.54, 1.807) is 11.6 Å². The fourth-order valence-corrected chi connectivity index (χ4v) is 3.00. The molecule has 0 aromatic carbocycles. The monoisotopic (exact) mass is 295 g/mol. The number of nitrogens with one attached hydrogen (secondary N) is 1. The molecule has 0 spiro atoms. The summed E-state index contributed by atoms with van der Waals surface area (Å²) in [6.07, 6.45) is 3.39. The van der Waals surface area contributed by atoms with Gasteiger partial charge < -0.3 is 0 Å². The molecule has 0 saturated carbocycles. The van der Waals surface area contributed by atoms with Crippen LogP contribution in [0.25, 0.3) is 0 Å². The summed E-state index contributed by atoms with van der Waals surface area (Å²) in [5, 5.41) is 17.8. The van der Waals surface area contributed by atoms with E-state index in [9.17, 15) is 10.1 Å². The van der Waals surface area contributed by atoms with Crippen LogP contribution in [0.4, 0.5) is 11.5 Å². The number of hydrogen-bond donors (Lipinski definition) is 1. The van der Waals surface area contributed by atoms with Crippen LogP contribution < -0.4 is 5.43 Å². The van der Waals surface area contributed by atoms with Crippen molar-refractivity contribution < 1.29 is 4.92 Å². The molecule has 2 atom stereocenters. The predicted molar refractivity (Wildman–Crippen MR) is 82.2 cm³/mol. The first kappa shape index (κ1) is 15.8. The molecule has 0 radical (unpaired) electrons. The van der Waals surface area contributed by atoms with E-state index in [-0.39, 0.29) is 16.7 Å². The number of aryl methyl sites for hydroxylation is 1. The van der Waals surface area contributed by atoms with Crippen LogP contribution in [0.15, 0.2) is 0 Å². The van der Waals surface area contributed by atoms with Crippen LogP contribution in [0.2, 0.25) is 0 Å². The van der Waals surface area contributed by atoms with Crippen LogP contribution >= 0.6 is 0 Å². The van der Waals surface area contributed by atoms with Gasteiger partial charge in [0.05, 0.1) is 4.92 Å². The van der Waals surface area contributed by atoms with E-state index in [0.29, 0.717) is 23.6 Å². The smallest absolute Gasteiger partial charge is 0.297 e. The van der Waals surface area contributed by atoms with Gasteiger partial charge in [-0.25, -0.2) is 9.69 Å². The quantitative estimate of drug-likeness (QED) is 0.681. The molecule has 0 bridgehead atoms. The Hall–Kier alpha value is -1.63. The molecule has 1 aromatic heterocycles. The maximum Gasteiger partial charge on any atom is 0.335 e. The van der Waals surface area contributed by atoms with E-state index in [2.05, 4.69) is 29.4 Å². The van der Waals surface area contributed by atoms with E-state index in [0.717, 1.165) is 12.8 Å². The number of aromatic nitrogens is 2. The van der Waals surface area contributed by atoms with Crippen molar-refractivity contribution in [2.24, 2.45) is 0 Å². The Bertz CT molecular complexity index is 516. The van der Waals surface area contributed by atoms with Crippen LogP contribution in [-0.2, 0) is 0 Å². The highest BCUT2D eigenvalue weighted by Crippen LogP contribution is 2.33. The lowest BCUT2D eigenvalue weighted by Gasteiger charge is -2.39. The van der Waals surface area contributed by atoms with E-state index < -0.39 is 0 Å². The number of piperidine rings is 1. The third-order valence-electron chi connectivity index (χ3n) is 4.15. The molecule has 21 heavy (non-hydrogen) atoms. The first-order chi connectivity index (χ1) is 9.82. The van der Waals surface area contributed by atoms with Crippen LogP contribution in [0.3, 0.4) is 0 Å². The molecule has 1 N–H and O–H groups in total. The summed E-state index contributed by atoms with van der Waals surface area (Å²) in [7, 11) is 0. The van der Waals surface area contributed by atoms with Gasteiger partial charge in [0, 0.05) is 18.1 Å². The first-order valence-electron chi connectivity index (χ1n) is 7.61. The van der Waals surface area contributed by atoms with E-state index in [1.807, 2.05) is 13.8 Å². The predicted octanol–water partition coefficient (Wildman–Crippen LogP) is 3.27. The van der Waals surface area contributed by atoms with Crippen molar-refractivity contribution in [2.75, 3.05) is 5.43 Å². The Morgan fingerprint density at radius 1 is 1.33 bits per heavy atom. The Morgan fingerprint density at radius 2 is 1.90 bits per heavy atom. The summed E-state index contributed by atoms with van der Waals surface area (Å²) in [5.41, 5.74) is 3.82. The molecule has 2 rings (SSSR count). The molecular formula is C14H25N5O2. The van der Waals surface area contributed by atoms with Crippen LogP contribution in [0, 0.1) is 17.0 Å². The number of nitrogens with zero attached hydrogens (tertiary/aromatic N) is 4. The second-order valence-corrected chi connectivity index (χ2v) is 6.23. The van der Waals surface area contributed by atoms with Crippen molar-refractivity contribution in [2.45, 2.75) is 72.0 Å². The fourth-order valence-electron chi connectivity index (χ4n) is 3.00. The lowest BCUT2D eigenvalue weighted by atomic mass is 10.00. The summed E-state index contributed by atoms with van der Waals surface area (Å²) in [6, 6.07) is 0.767. The summed E-state index contributed by atoms with van der Waals surface area (Å²) < 4.78 is 1.71. The largest absolute Gasteiger partial charge is 0.335 e. The van der Waals surface area contributed by atoms with Gasteiger partial charge >= 0.3 is 5.69 Å². The maximum absolute atomic E-state index is 11.4. The second kappa shape index (κ2) is 6.01. The number of anilines is 1. The maximum atomic E-state index is 11.4. The second-order valence-electron chi connectivity index (χ2n) is 6.23. The average molecular weight is 295 g/mol. The molecule has 2 heterocycles. The van der Waals surface area contributed by atoms with E-state index >= 15 is 0 Å². The highest BCUT2D eigenvalue weighted by atomic mass is 16.6. The number of nitro groups is 1. The van der Waals surface area contributed by atoms with Gasteiger partial charge in [-0.05, 0) is 47.5 Å². The summed E-state index contributed by atoms with van der Waals surface area (Å²) >= 11 is 0. The zero-order valence-corrected chi connectivity index (χ0v) is 13.5. The molecule has 7 nitrogen and oxygen atoms in total. The molecule has 118 valence electrons. The van der Waals surface area contributed by atoms with Gasteiger partial charge in [0.2, 0.25) is 5.82 Å². The minimum Gasteiger partial charge on any atom is -0.297 e. The minimum absolute atomic E-state index is 0.0651. The number of hydrogen-bond acceptors (Lipinski definition) is 5. The van der Waals surface area contributed by atoms with Crippen LogP contribution in [0.5, 0.6) is 0 Å². The van der Waals surface area contributed by atoms with Crippen molar-refractivity contribution in [1.29, 1.82) is 0 Å². The zero-order chi connectivity index (χ0) is 15.7. The molecule has 1 fully saturated rings. The Balaban J connectivity index is 2.39. The topological polar surface area (TPSA) is 76.2 Å². The standard InChI is InChI=1S/C14H25N5O2/c1-9(2)17-14(13(19(20)21)12(5)15-17)16-18-10(3)7-6-8-11(18)4/h9-11,16H,6-8H2,1-5H3. The molecule has 0 amide bonds. The molecule has 1 aliphatic heterocycles. The Morgan fingerprint density at radius 3 is 2.38 bits per heavy atom. The highest BCUT2D eigenvalue weighted by Gasteiger charge is 2.31. The minimum atomic E-state index is -0.344. The molecule has 2 unspecified atom stereocenters. The summed E-state index contributed by atoms with van der Waals surface area (Å²) in [6.45, 7) is 9.94.